The Balaban J connectivity index is 0. The van der Waals surface area contributed by atoms with Crippen LogP contribution in [-0.2, 0) is 0 Å². The smallest absolute Gasteiger partial charge is 0.0405 e. The second kappa shape index (κ2) is 6.05. The van der Waals surface area contributed by atoms with Gasteiger partial charge in [0, 0.05) is 15.3 Å². The van der Waals surface area contributed by atoms with E-state index in [4.69, 9.17) is 11.6 Å². The molecule has 0 bridgehead atoms. The number of halogens is 3. The standard InChI is InChI=1S/C6H7ClSi.2ClH/c7-5-1-3-6(8)4-2-5;;/h1-4H,8H3;2*1H. The highest BCUT2D eigenvalue weighted by Crippen LogP contribution is 2.02. The molecule has 0 atom stereocenters. The summed E-state index contributed by atoms with van der Waals surface area (Å²) >= 11 is 5.63. The van der Waals surface area contributed by atoms with Crippen LogP contribution in [0.3, 0.4) is 0 Å². The summed E-state index contributed by atoms with van der Waals surface area (Å²) in [7, 11) is 1.11. The molecule has 0 nitrogen and oxygen atoms in total. The van der Waals surface area contributed by atoms with E-state index in [0.29, 0.717) is 0 Å². The second-order valence-electron chi connectivity index (χ2n) is 1.80. The van der Waals surface area contributed by atoms with Gasteiger partial charge in [0.1, 0.15) is 0 Å². The Kier molecular flexibility index (Phi) is 7.82. The van der Waals surface area contributed by atoms with Gasteiger partial charge >= 0.3 is 0 Å². The summed E-state index contributed by atoms with van der Waals surface area (Å²) in [5.41, 5.74) is 0. The Morgan fingerprint density at radius 1 is 1.00 bits per heavy atom. The third-order valence-electron chi connectivity index (χ3n) is 1.01. The van der Waals surface area contributed by atoms with Gasteiger partial charge in [0.15, 0.2) is 0 Å². The summed E-state index contributed by atoms with van der Waals surface area (Å²) in [5.74, 6) is 0. The van der Waals surface area contributed by atoms with E-state index in [0.717, 1.165) is 15.3 Å². The first-order valence-corrected chi connectivity index (χ1v) is 3.89. The van der Waals surface area contributed by atoms with E-state index in [2.05, 4.69) is 12.1 Å². The van der Waals surface area contributed by atoms with Gasteiger partial charge in [-0.1, -0.05) is 28.9 Å². The molecule has 0 aromatic heterocycles. The number of benzene rings is 1. The van der Waals surface area contributed by atoms with Crippen molar-refractivity contribution in [2.45, 2.75) is 0 Å². The zero-order valence-corrected chi connectivity index (χ0v) is 9.89. The van der Waals surface area contributed by atoms with Gasteiger partial charge in [0.05, 0.1) is 0 Å². The highest BCUT2D eigenvalue weighted by molar-refractivity contribution is 6.34. The van der Waals surface area contributed by atoms with E-state index in [9.17, 15) is 0 Å². The van der Waals surface area contributed by atoms with Crippen molar-refractivity contribution in [2.75, 3.05) is 0 Å². The molecule has 10 heavy (non-hydrogen) atoms. The fraction of sp³-hybridized carbons (Fsp3) is 0. The minimum atomic E-state index is 0. The van der Waals surface area contributed by atoms with Crippen molar-refractivity contribution in [3.8, 4) is 0 Å². The first kappa shape index (κ1) is 12.9. The Morgan fingerprint density at radius 2 is 1.40 bits per heavy atom. The largest absolute Gasteiger partial charge is 0.147 e. The molecule has 1 aromatic carbocycles. The maximum atomic E-state index is 5.63. The van der Waals surface area contributed by atoms with E-state index < -0.39 is 0 Å². The van der Waals surface area contributed by atoms with Crippen molar-refractivity contribution < 1.29 is 0 Å². The first-order valence-electron chi connectivity index (χ1n) is 2.51. The molecular weight excluding hydrogens is 207 g/mol. The van der Waals surface area contributed by atoms with Gasteiger partial charge in [-0.2, -0.15) is 0 Å². The summed E-state index contributed by atoms with van der Waals surface area (Å²) in [6, 6.07) is 7.94. The Labute approximate surface area is 81.2 Å². The summed E-state index contributed by atoms with van der Waals surface area (Å²) in [6.07, 6.45) is 0. The predicted octanol–water partition coefficient (Wildman–Crippen LogP) is 1.17. The Bertz CT molecular complexity index is 152. The molecule has 0 heterocycles. The van der Waals surface area contributed by atoms with Crippen LogP contribution in [0.25, 0.3) is 0 Å². The third kappa shape index (κ3) is 4.17. The lowest BCUT2D eigenvalue weighted by Crippen LogP contribution is -1.97. The molecule has 0 saturated carbocycles. The van der Waals surface area contributed by atoms with Gasteiger partial charge in [-0.15, -0.1) is 24.8 Å². The molecule has 0 fully saturated rings. The topological polar surface area (TPSA) is 0 Å². The van der Waals surface area contributed by atoms with Crippen LogP contribution in [0.4, 0.5) is 0 Å². The number of hydrogen-bond donors (Lipinski definition) is 0. The average molecular weight is 216 g/mol. The minimum Gasteiger partial charge on any atom is -0.147 e. The summed E-state index contributed by atoms with van der Waals surface area (Å²) in [4.78, 5) is 0. The van der Waals surface area contributed by atoms with E-state index in [1.165, 1.54) is 5.19 Å². The molecule has 1 rings (SSSR count). The van der Waals surface area contributed by atoms with Gasteiger partial charge in [0.2, 0.25) is 0 Å². The molecule has 0 unspecified atom stereocenters. The zero-order chi connectivity index (χ0) is 5.98. The van der Waals surface area contributed by atoms with Crippen LogP contribution in [0.15, 0.2) is 24.3 Å². The maximum absolute atomic E-state index is 5.63. The highest BCUT2D eigenvalue weighted by Gasteiger charge is 1.81. The molecule has 0 spiro atoms. The van der Waals surface area contributed by atoms with Gasteiger partial charge in [0.25, 0.3) is 0 Å². The van der Waals surface area contributed by atoms with Gasteiger partial charge < -0.3 is 0 Å². The molecule has 0 N–H and O–H groups in total. The van der Waals surface area contributed by atoms with Crippen molar-refractivity contribution in [3.63, 3.8) is 0 Å². The first-order chi connectivity index (χ1) is 3.79. The van der Waals surface area contributed by atoms with Crippen molar-refractivity contribution in [2.24, 2.45) is 0 Å². The van der Waals surface area contributed by atoms with Crippen LogP contribution >= 0.6 is 36.4 Å². The fourth-order valence-electron chi connectivity index (χ4n) is 0.533. The second-order valence-corrected chi connectivity index (χ2v) is 3.39. The third-order valence-corrected chi connectivity index (χ3v) is 1.93. The van der Waals surface area contributed by atoms with E-state index in [1.807, 2.05) is 12.1 Å². The van der Waals surface area contributed by atoms with E-state index in [1.54, 1.807) is 0 Å². The summed E-state index contributed by atoms with van der Waals surface area (Å²) in [5, 5.41) is 2.21. The quantitative estimate of drug-likeness (QED) is 0.570. The van der Waals surface area contributed by atoms with Gasteiger partial charge in [-0.05, 0) is 12.1 Å². The average Bonchev–Trinajstić information content (AvgIpc) is 1.77. The minimum absolute atomic E-state index is 0. The number of rotatable bonds is 0. The lowest BCUT2D eigenvalue weighted by molar-refractivity contribution is 1.77. The van der Waals surface area contributed by atoms with E-state index >= 15 is 0 Å². The van der Waals surface area contributed by atoms with Crippen LogP contribution in [0.1, 0.15) is 0 Å². The van der Waals surface area contributed by atoms with Crippen LogP contribution in [-0.4, -0.2) is 10.2 Å². The van der Waals surface area contributed by atoms with E-state index in [-0.39, 0.29) is 24.8 Å². The lowest BCUT2D eigenvalue weighted by atomic mass is 10.4. The highest BCUT2D eigenvalue weighted by atomic mass is 35.5. The summed E-state index contributed by atoms with van der Waals surface area (Å²) in [6.45, 7) is 0. The van der Waals surface area contributed by atoms with Crippen LogP contribution in [0, 0.1) is 0 Å². The van der Waals surface area contributed by atoms with Crippen LogP contribution in [0.2, 0.25) is 5.02 Å². The molecule has 4 heteroatoms. The Morgan fingerprint density at radius 3 is 1.70 bits per heavy atom. The predicted molar refractivity (Wildman–Crippen MR) is 55.5 cm³/mol. The van der Waals surface area contributed by atoms with Crippen molar-refractivity contribution in [3.05, 3.63) is 29.3 Å². The normalized spacial score (nSPS) is 7.70. The monoisotopic (exact) mass is 214 g/mol. The molecule has 0 aliphatic heterocycles. The summed E-state index contributed by atoms with van der Waals surface area (Å²) < 4.78 is 0. The molecule has 0 aliphatic carbocycles. The maximum Gasteiger partial charge on any atom is 0.0405 e. The van der Waals surface area contributed by atoms with Crippen molar-refractivity contribution in [1.29, 1.82) is 0 Å². The van der Waals surface area contributed by atoms with Crippen LogP contribution < -0.4 is 5.19 Å². The van der Waals surface area contributed by atoms with Crippen LogP contribution in [0.5, 0.6) is 0 Å². The number of hydrogen-bond acceptors (Lipinski definition) is 0. The molecule has 0 amide bonds. The molecule has 0 saturated heterocycles. The van der Waals surface area contributed by atoms with Gasteiger partial charge in [-0.3, -0.25) is 0 Å². The van der Waals surface area contributed by atoms with Crippen molar-refractivity contribution in [1.82, 2.24) is 0 Å². The molecule has 1 aromatic rings. The Hall–Kier alpha value is 0.307. The molecule has 0 radical (unpaired) electrons. The molecule has 0 aliphatic rings. The lowest BCUT2D eigenvalue weighted by Gasteiger charge is -1.88. The molecule has 58 valence electrons. The van der Waals surface area contributed by atoms with Gasteiger partial charge in [-0.25, -0.2) is 0 Å². The fourth-order valence-corrected chi connectivity index (χ4v) is 0.993. The molecular formula is C6H9Cl3Si. The SMILES string of the molecule is Cl.Cl.[SiH3]c1ccc(Cl)cc1. The van der Waals surface area contributed by atoms with Crippen molar-refractivity contribution >= 4 is 51.8 Å². The zero-order valence-electron chi connectivity index (χ0n) is 5.50.